The van der Waals surface area contributed by atoms with Gasteiger partial charge in [0.15, 0.2) is 0 Å². The highest BCUT2D eigenvalue weighted by Crippen LogP contribution is 2.40. The highest BCUT2D eigenvalue weighted by molar-refractivity contribution is 6.05. The van der Waals surface area contributed by atoms with Crippen LogP contribution in [0.5, 0.6) is 0 Å². The summed E-state index contributed by atoms with van der Waals surface area (Å²) >= 11 is 0. The van der Waals surface area contributed by atoms with Crippen molar-refractivity contribution >= 4 is 27.9 Å². The number of para-hydroxylation sites is 1. The lowest BCUT2D eigenvalue weighted by atomic mass is 9.97. The van der Waals surface area contributed by atoms with E-state index in [1.54, 1.807) is 23.0 Å². The van der Waals surface area contributed by atoms with Gasteiger partial charge in [0.2, 0.25) is 0 Å². The molecule has 4 aromatic rings. The lowest BCUT2D eigenvalue weighted by molar-refractivity contribution is -0.138. The summed E-state index contributed by atoms with van der Waals surface area (Å²) in [5.41, 5.74) is 5.00. The zero-order chi connectivity index (χ0) is 19.8. The first-order chi connectivity index (χ1) is 13.3. The fraction of sp³-hybridized carbons (Fsp3) is 0.273. The topological polar surface area (TPSA) is 69.2 Å². The Labute approximate surface area is 161 Å². The summed E-state index contributed by atoms with van der Waals surface area (Å²) in [4.78, 5) is 24.9. The number of carbonyl (C=O) groups is 1. The molecule has 28 heavy (non-hydrogen) atoms. The SMILES string of the molecule is Cn1cc2c3c(cccc31)-c1cccc3c1n(c(=O)n3C(C)(C)CC(=O)O)C2. The molecule has 0 unspecified atom stereocenters. The molecular weight excluding hydrogens is 354 g/mol. The molecule has 5 rings (SSSR count). The van der Waals surface area contributed by atoms with Gasteiger partial charge in [-0.3, -0.25) is 13.9 Å². The largest absolute Gasteiger partial charge is 0.481 e. The first-order valence-electron chi connectivity index (χ1n) is 9.33. The molecule has 6 nitrogen and oxygen atoms in total. The minimum Gasteiger partial charge on any atom is -0.481 e. The number of aliphatic carboxylic acids is 1. The Morgan fingerprint density at radius 1 is 1.11 bits per heavy atom. The van der Waals surface area contributed by atoms with Crippen LogP contribution in [0.2, 0.25) is 0 Å². The van der Waals surface area contributed by atoms with Crippen molar-refractivity contribution in [2.75, 3.05) is 0 Å². The van der Waals surface area contributed by atoms with Crippen LogP contribution in [0.25, 0.3) is 33.1 Å². The van der Waals surface area contributed by atoms with Gasteiger partial charge >= 0.3 is 11.7 Å². The Kier molecular flexibility index (Phi) is 3.24. The third-order valence-corrected chi connectivity index (χ3v) is 5.85. The molecule has 0 radical (unpaired) electrons. The van der Waals surface area contributed by atoms with Crippen LogP contribution in [0.4, 0.5) is 0 Å². The van der Waals surface area contributed by atoms with Gasteiger partial charge in [-0.05, 0) is 37.1 Å². The number of carboxylic acids is 1. The molecule has 1 aliphatic heterocycles. The van der Waals surface area contributed by atoms with Gasteiger partial charge in [0.05, 0.1) is 29.5 Å². The Bertz CT molecular complexity index is 1350. The molecule has 3 heterocycles. The zero-order valence-electron chi connectivity index (χ0n) is 16.1. The summed E-state index contributed by atoms with van der Waals surface area (Å²) in [5.74, 6) is -0.920. The standard InChI is InChI=1S/C22H21N3O3/c1-22(2,10-18(26)27)25-17-9-5-7-15-14-6-4-8-16-19(14)13(11-23(16)3)12-24(20(15)17)21(25)28/h4-9,11H,10,12H2,1-3H3,(H,26,27). The number of fused-ring (bicyclic) bond motifs is 1. The third kappa shape index (κ3) is 2.08. The molecule has 142 valence electrons. The third-order valence-electron chi connectivity index (χ3n) is 5.85. The number of aromatic nitrogens is 3. The lowest BCUT2D eigenvalue weighted by Crippen LogP contribution is -2.38. The number of aryl methyl sites for hydroxylation is 1. The summed E-state index contributed by atoms with van der Waals surface area (Å²) in [6.45, 7) is 4.08. The first kappa shape index (κ1) is 16.9. The van der Waals surface area contributed by atoms with E-state index < -0.39 is 11.5 Å². The Hall–Kier alpha value is -3.28. The van der Waals surface area contributed by atoms with Gasteiger partial charge in [-0.25, -0.2) is 4.79 Å². The maximum Gasteiger partial charge on any atom is 0.329 e. The van der Waals surface area contributed by atoms with Crippen molar-refractivity contribution in [1.82, 2.24) is 13.7 Å². The van der Waals surface area contributed by atoms with E-state index in [0.717, 1.165) is 33.2 Å². The Morgan fingerprint density at radius 3 is 2.50 bits per heavy atom. The Balaban J connectivity index is 1.92. The number of imidazole rings is 1. The molecule has 1 aliphatic rings. The average molecular weight is 375 g/mol. The maximum absolute atomic E-state index is 13.5. The molecule has 0 atom stereocenters. The fourth-order valence-corrected chi connectivity index (χ4v) is 4.77. The number of hydrogen-bond acceptors (Lipinski definition) is 2. The van der Waals surface area contributed by atoms with E-state index in [1.165, 1.54) is 5.39 Å². The molecule has 2 aromatic carbocycles. The second kappa shape index (κ2) is 5.38. The van der Waals surface area contributed by atoms with E-state index >= 15 is 0 Å². The van der Waals surface area contributed by atoms with Crippen LogP contribution >= 0.6 is 0 Å². The van der Waals surface area contributed by atoms with Gasteiger partial charge in [-0.1, -0.05) is 24.3 Å². The van der Waals surface area contributed by atoms with Crippen molar-refractivity contribution in [3.8, 4) is 11.1 Å². The smallest absolute Gasteiger partial charge is 0.329 e. The molecule has 1 N–H and O–H groups in total. The molecule has 0 saturated carbocycles. The van der Waals surface area contributed by atoms with Crippen molar-refractivity contribution in [2.45, 2.75) is 32.4 Å². The number of benzene rings is 2. The molecule has 0 spiro atoms. The highest BCUT2D eigenvalue weighted by atomic mass is 16.4. The van der Waals surface area contributed by atoms with Gasteiger partial charge in [0.1, 0.15) is 0 Å². The van der Waals surface area contributed by atoms with Crippen LogP contribution < -0.4 is 5.69 Å². The van der Waals surface area contributed by atoms with Gasteiger partial charge in [0, 0.05) is 29.7 Å². The number of rotatable bonds is 3. The van der Waals surface area contributed by atoms with E-state index in [9.17, 15) is 14.7 Å². The average Bonchev–Trinajstić information content (AvgIpc) is 3.03. The zero-order valence-corrected chi connectivity index (χ0v) is 16.1. The number of hydrogen-bond donors (Lipinski definition) is 1. The maximum atomic E-state index is 13.5. The summed E-state index contributed by atoms with van der Waals surface area (Å²) in [7, 11) is 2.02. The second-order valence-corrected chi connectivity index (χ2v) is 8.23. The predicted molar refractivity (Wildman–Crippen MR) is 109 cm³/mol. The lowest BCUT2D eigenvalue weighted by Gasteiger charge is -2.24. The van der Waals surface area contributed by atoms with E-state index in [1.807, 2.05) is 31.3 Å². The predicted octanol–water partition coefficient (Wildman–Crippen LogP) is 3.53. The van der Waals surface area contributed by atoms with E-state index in [0.29, 0.717) is 6.54 Å². The Morgan fingerprint density at radius 2 is 1.79 bits per heavy atom. The van der Waals surface area contributed by atoms with E-state index in [4.69, 9.17) is 0 Å². The monoisotopic (exact) mass is 375 g/mol. The highest BCUT2D eigenvalue weighted by Gasteiger charge is 2.32. The van der Waals surface area contributed by atoms with Crippen molar-refractivity contribution in [3.63, 3.8) is 0 Å². The molecule has 0 amide bonds. The van der Waals surface area contributed by atoms with Crippen molar-refractivity contribution in [2.24, 2.45) is 7.05 Å². The van der Waals surface area contributed by atoms with Gasteiger partial charge in [-0.15, -0.1) is 0 Å². The van der Waals surface area contributed by atoms with Crippen molar-refractivity contribution in [1.29, 1.82) is 0 Å². The minimum atomic E-state index is -0.920. The molecule has 2 aromatic heterocycles. The van der Waals surface area contributed by atoms with E-state index in [-0.39, 0.29) is 12.1 Å². The van der Waals surface area contributed by atoms with Gasteiger partial charge in [0.25, 0.3) is 0 Å². The van der Waals surface area contributed by atoms with Crippen molar-refractivity contribution in [3.05, 3.63) is 58.6 Å². The minimum absolute atomic E-state index is 0.123. The molecular formula is C22H21N3O3. The molecule has 0 bridgehead atoms. The quantitative estimate of drug-likeness (QED) is 0.524. The number of carboxylic acid groups (broad SMARTS) is 1. The van der Waals surface area contributed by atoms with Crippen LogP contribution in [0.15, 0.2) is 47.4 Å². The van der Waals surface area contributed by atoms with Crippen LogP contribution in [-0.2, 0) is 23.9 Å². The normalized spacial score (nSPS) is 13.2. The summed E-state index contributed by atoms with van der Waals surface area (Å²) < 4.78 is 5.53. The van der Waals surface area contributed by atoms with Crippen LogP contribution in [0.1, 0.15) is 25.8 Å². The van der Waals surface area contributed by atoms with E-state index in [2.05, 4.69) is 22.9 Å². The molecule has 0 saturated heterocycles. The number of nitrogens with zero attached hydrogens (tertiary/aromatic N) is 3. The van der Waals surface area contributed by atoms with Gasteiger partial charge < -0.3 is 9.67 Å². The summed E-state index contributed by atoms with van der Waals surface area (Å²) in [5, 5.41) is 10.5. The molecule has 0 fully saturated rings. The summed E-state index contributed by atoms with van der Waals surface area (Å²) in [6, 6.07) is 12.1. The second-order valence-electron chi connectivity index (χ2n) is 8.23. The van der Waals surface area contributed by atoms with Crippen LogP contribution in [0, 0.1) is 0 Å². The molecule has 6 heteroatoms. The fourth-order valence-electron chi connectivity index (χ4n) is 4.77. The first-order valence-corrected chi connectivity index (χ1v) is 9.33. The van der Waals surface area contributed by atoms with Gasteiger partial charge in [-0.2, -0.15) is 0 Å². The molecule has 0 aliphatic carbocycles. The van der Waals surface area contributed by atoms with Crippen LogP contribution in [0.3, 0.4) is 0 Å². The van der Waals surface area contributed by atoms with Crippen molar-refractivity contribution < 1.29 is 9.90 Å². The van der Waals surface area contributed by atoms with Crippen LogP contribution in [-0.4, -0.2) is 24.8 Å². The summed E-state index contributed by atoms with van der Waals surface area (Å²) in [6.07, 6.45) is 1.96.